The number of benzene rings is 1. The van der Waals surface area contributed by atoms with Gasteiger partial charge in [-0.3, -0.25) is 19.3 Å². The van der Waals surface area contributed by atoms with Gasteiger partial charge in [0.15, 0.2) is 0 Å². The molecular formula is C20H23N3O6. The van der Waals surface area contributed by atoms with E-state index in [0.29, 0.717) is 18.4 Å². The molecular weight excluding hydrogens is 378 g/mol. The number of hydrogen-bond donors (Lipinski definition) is 3. The van der Waals surface area contributed by atoms with E-state index in [4.69, 9.17) is 4.74 Å². The smallest absolute Gasteiger partial charge is 0.325 e. The first kappa shape index (κ1) is 19.4. The third-order valence-corrected chi connectivity index (χ3v) is 6.12. The van der Waals surface area contributed by atoms with Gasteiger partial charge in [-0.25, -0.2) is 4.79 Å². The van der Waals surface area contributed by atoms with Gasteiger partial charge in [0.2, 0.25) is 5.91 Å². The lowest BCUT2D eigenvalue weighted by molar-refractivity contribution is -0.147. The van der Waals surface area contributed by atoms with Crippen molar-refractivity contribution in [3.8, 4) is 0 Å². The molecule has 154 valence electrons. The summed E-state index contributed by atoms with van der Waals surface area (Å²) in [4.78, 5) is 50.3. The molecule has 5 atom stereocenters. The van der Waals surface area contributed by atoms with Crippen LogP contribution in [0.2, 0.25) is 0 Å². The summed E-state index contributed by atoms with van der Waals surface area (Å²) in [5.41, 5.74) is -0.483. The molecule has 3 saturated heterocycles. The van der Waals surface area contributed by atoms with Gasteiger partial charge in [-0.1, -0.05) is 30.3 Å². The molecule has 29 heavy (non-hydrogen) atoms. The Labute approximate surface area is 167 Å². The van der Waals surface area contributed by atoms with E-state index in [0.717, 1.165) is 4.90 Å². The van der Waals surface area contributed by atoms with Crippen molar-refractivity contribution in [3.63, 3.8) is 0 Å². The van der Waals surface area contributed by atoms with Crippen molar-refractivity contribution >= 4 is 23.8 Å². The van der Waals surface area contributed by atoms with Gasteiger partial charge in [-0.05, 0) is 25.3 Å². The summed E-state index contributed by atoms with van der Waals surface area (Å²) in [5.74, 6) is -3.45. The van der Waals surface area contributed by atoms with Crippen LogP contribution in [0.15, 0.2) is 30.3 Å². The Morgan fingerprint density at radius 2 is 1.86 bits per heavy atom. The van der Waals surface area contributed by atoms with Crippen LogP contribution in [-0.2, 0) is 24.7 Å². The van der Waals surface area contributed by atoms with Crippen molar-refractivity contribution in [2.75, 3.05) is 13.1 Å². The van der Waals surface area contributed by atoms with E-state index in [2.05, 4.69) is 10.6 Å². The summed E-state index contributed by atoms with van der Waals surface area (Å²) in [6.07, 6.45) is 0.492. The highest BCUT2D eigenvalue weighted by Gasteiger charge is 2.55. The van der Waals surface area contributed by atoms with Crippen molar-refractivity contribution in [3.05, 3.63) is 35.9 Å². The first-order chi connectivity index (χ1) is 13.8. The lowest BCUT2D eigenvalue weighted by Crippen LogP contribution is -2.46. The molecule has 3 heterocycles. The van der Waals surface area contributed by atoms with Crippen molar-refractivity contribution in [1.29, 1.82) is 0 Å². The molecule has 9 heteroatoms. The number of rotatable bonds is 6. The molecule has 0 saturated carbocycles. The Bertz CT molecular complexity index is 859. The monoisotopic (exact) mass is 401 g/mol. The van der Waals surface area contributed by atoms with Gasteiger partial charge in [-0.2, -0.15) is 0 Å². The Balaban J connectivity index is 1.37. The lowest BCUT2D eigenvalue weighted by atomic mass is 9.79. The van der Waals surface area contributed by atoms with Gasteiger partial charge in [0.25, 0.3) is 5.91 Å². The number of carboxylic acid groups (broad SMARTS) is 1. The second-order valence-electron chi connectivity index (χ2n) is 7.85. The van der Waals surface area contributed by atoms with E-state index >= 15 is 0 Å². The molecule has 3 N–H and O–H groups in total. The SMILES string of the molecule is CC1(c2ccccc2)NC(=O)N(CCNC(=O)C2C(C(=O)O)[C@H]3CC[C@@H]2O3)C1=O. The molecule has 3 aliphatic heterocycles. The third kappa shape index (κ3) is 3.15. The summed E-state index contributed by atoms with van der Waals surface area (Å²) >= 11 is 0. The number of urea groups is 1. The zero-order valence-electron chi connectivity index (χ0n) is 16.0. The minimum absolute atomic E-state index is 0.00175. The number of hydrogen-bond acceptors (Lipinski definition) is 5. The first-order valence-corrected chi connectivity index (χ1v) is 9.68. The second kappa shape index (κ2) is 7.14. The van der Waals surface area contributed by atoms with E-state index in [1.54, 1.807) is 31.2 Å². The number of carbonyl (C=O) groups is 4. The van der Waals surface area contributed by atoms with Crippen LogP contribution in [0.1, 0.15) is 25.3 Å². The van der Waals surface area contributed by atoms with Crippen LogP contribution in [0.25, 0.3) is 0 Å². The zero-order valence-corrected chi connectivity index (χ0v) is 16.0. The van der Waals surface area contributed by atoms with Gasteiger partial charge in [-0.15, -0.1) is 0 Å². The number of ether oxygens (including phenoxy) is 1. The number of carbonyl (C=O) groups excluding carboxylic acids is 3. The zero-order chi connectivity index (χ0) is 20.8. The predicted octanol–water partition coefficient (Wildman–Crippen LogP) is 0.448. The fourth-order valence-electron chi connectivity index (χ4n) is 4.60. The van der Waals surface area contributed by atoms with Crippen LogP contribution < -0.4 is 10.6 Å². The minimum Gasteiger partial charge on any atom is -0.481 e. The van der Waals surface area contributed by atoms with Crippen molar-refractivity contribution < 1.29 is 29.0 Å². The molecule has 0 spiro atoms. The van der Waals surface area contributed by atoms with E-state index in [1.807, 2.05) is 6.07 Å². The van der Waals surface area contributed by atoms with Gasteiger partial charge >= 0.3 is 12.0 Å². The number of amides is 4. The van der Waals surface area contributed by atoms with Crippen molar-refractivity contribution in [2.45, 2.75) is 37.5 Å². The molecule has 3 unspecified atom stereocenters. The summed E-state index contributed by atoms with van der Waals surface area (Å²) in [6, 6.07) is 8.42. The minimum atomic E-state index is -1.16. The number of nitrogens with zero attached hydrogens (tertiary/aromatic N) is 1. The summed E-state index contributed by atoms with van der Waals surface area (Å²) in [5, 5.41) is 14.8. The van der Waals surface area contributed by atoms with Gasteiger partial charge in [0.1, 0.15) is 5.54 Å². The Morgan fingerprint density at radius 1 is 1.21 bits per heavy atom. The summed E-state index contributed by atoms with van der Waals surface area (Å²) in [7, 11) is 0. The molecule has 3 fully saturated rings. The van der Waals surface area contributed by atoms with Crippen molar-refractivity contribution in [2.24, 2.45) is 11.8 Å². The van der Waals surface area contributed by atoms with Gasteiger partial charge < -0.3 is 20.5 Å². The molecule has 4 amide bonds. The fourth-order valence-corrected chi connectivity index (χ4v) is 4.60. The molecule has 1 aromatic rings. The largest absolute Gasteiger partial charge is 0.481 e. The maximum Gasteiger partial charge on any atom is 0.325 e. The molecule has 0 aromatic heterocycles. The normalized spacial score (nSPS) is 33.1. The van der Waals surface area contributed by atoms with Crippen LogP contribution in [0.5, 0.6) is 0 Å². The molecule has 4 rings (SSSR count). The average molecular weight is 401 g/mol. The number of carboxylic acids is 1. The molecule has 9 nitrogen and oxygen atoms in total. The van der Waals surface area contributed by atoms with E-state index in [1.165, 1.54) is 0 Å². The number of aliphatic carboxylic acids is 1. The highest BCUT2D eigenvalue weighted by Crippen LogP contribution is 2.43. The number of imide groups is 1. The van der Waals surface area contributed by atoms with E-state index < -0.39 is 47.3 Å². The average Bonchev–Trinajstić information content (AvgIpc) is 3.37. The number of fused-ring (bicyclic) bond motifs is 2. The van der Waals surface area contributed by atoms with Gasteiger partial charge in [0, 0.05) is 13.1 Å². The second-order valence-corrected chi connectivity index (χ2v) is 7.85. The molecule has 0 radical (unpaired) electrons. The van der Waals surface area contributed by atoms with Crippen LogP contribution in [0, 0.1) is 11.8 Å². The van der Waals surface area contributed by atoms with Crippen LogP contribution in [0.3, 0.4) is 0 Å². The Hall–Kier alpha value is -2.94. The van der Waals surface area contributed by atoms with Crippen LogP contribution in [0.4, 0.5) is 4.79 Å². The Kier molecular flexibility index (Phi) is 4.77. The first-order valence-electron chi connectivity index (χ1n) is 9.68. The standard InChI is InChI=1S/C20H23N3O6/c1-20(11-5-3-2-4-6-11)18(27)23(19(28)22-20)10-9-21-16(24)14-12-7-8-13(29-12)15(14)17(25)26/h2-6,12-15H,7-10H2,1H3,(H,21,24)(H,22,28)(H,25,26)/t12-,13+,14?,15?,20?/m0/s1. The predicted molar refractivity (Wildman–Crippen MR) is 99.6 cm³/mol. The fraction of sp³-hybridized carbons (Fsp3) is 0.500. The summed E-state index contributed by atoms with van der Waals surface area (Å²) < 4.78 is 5.60. The maximum absolute atomic E-state index is 12.8. The molecule has 3 aliphatic rings. The topological polar surface area (TPSA) is 125 Å². The molecule has 0 aliphatic carbocycles. The molecule has 1 aromatic carbocycles. The highest BCUT2D eigenvalue weighted by atomic mass is 16.5. The maximum atomic E-state index is 12.8. The Morgan fingerprint density at radius 3 is 2.52 bits per heavy atom. The lowest BCUT2D eigenvalue weighted by Gasteiger charge is -2.24. The van der Waals surface area contributed by atoms with E-state index in [-0.39, 0.29) is 19.2 Å². The summed E-state index contributed by atoms with van der Waals surface area (Å²) in [6.45, 7) is 1.69. The number of nitrogens with one attached hydrogen (secondary N) is 2. The van der Waals surface area contributed by atoms with Crippen molar-refractivity contribution in [1.82, 2.24) is 15.5 Å². The molecule has 2 bridgehead atoms. The highest BCUT2D eigenvalue weighted by molar-refractivity contribution is 6.07. The third-order valence-electron chi connectivity index (χ3n) is 6.12. The van der Waals surface area contributed by atoms with Crippen LogP contribution >= 0.6 is 0 Å². The van der Waals surface area contributed by atoms with Gasteiger partial charge in [0.05, 0.1) is 24.0 Å². The van der Waals surface area contributed by atoms with Crippen LogP contribution in [-0.4, -0.2) is 59.1 Å². The van der Waals surface area contributed by atoms with E-state index in [9.17, 15) is 24.3 Å². The quantitative estimate of drug-likeness (QED) is 0.595.